The lowest BCUT2D eigenvalue weighted by Crippen LogP contribution is -2.29. The second kappa shape index (κ2) is 8.69. The van der Waals surface area contributed by atoms with Gasteiger partial charge in [0.25, 0.3) is 0 Å². The summed E-state index contributed by atoms with van der Waals surface area (Å²) in [4.78, 5) is 2.39. The molecule has 114 valence electrons. The zero-order valence-corrected chi connectivity index (χ0v) is 12.9. The molecular formula is C18H27N3. The van der Waals surface area contributed by atoms with Crippen LogP contribution in [-0.2, 0) is 0 Å². The van der Waals surface area contributed by atoms with Gasteiger partial charge < -0.3 is 10.6 Å². The highest BCUT2D eigenvalue weighted by molar-refractivity contribution is 5.49. The molecule has 0 spiro atoms. The number of benzene rings is 1. The van der Waals surface area contributed by atoms with Gasteiger partial charge in [-0.05, 0) is 56.4 Å². The molecule has 1 aliphatic carbocycles. The van der Waals surface area contributed by atoms with E-state index >= 15 is 0 Å². The van der Waals surface area contributed by atoms with Crippen LogP contribution in [0.2, 0.25) is 0 Å². The summed E-state index contributed by atoms with van der Waals surface area (Å²) < 4.78 is 0. The molecular weight excluding hydrogens is 258 g/mol. The maximum Gasteiger partial charge on any atom is 0.0991 e. The molecule has 1 heterocycles. The van der Waals surface area contributed by atoms with E-state index in [0.29, 0.717) is 6.04 Å². The molecule has 1 aliphatic heterocycles. The lowest BCUT2D eigenvalue weighted by Gasteiger charge is -2.28. The summed E-state index contributed by atoms with van der Waals surface area (Å²) >= 11 is 0. The number of nitriles is 1. The number of rotatable bonds is 1. The highest BCUT2D eigenvalue weighted by atomic mass is 15.1. The largest absolute Gasteiger partial charge is 0.372 e. The van der Waals surface area contributed by atoms with Gasteiger partial charge in [-0.3, -0.25) is 0 Å². The van der Waals surface area contributed by atoms with Gasteiger partial charge in [-0.15, -0.1) is 0 Å². The Labute approximate surface area is 128 Å². The van der Waals surface area contributed by atoms with Crippen LogP contribution in [-0.4, -0.2) is 19.1 Å². The van der Waals surface area contributed by atoms with Crippen molar-refractivity contribution in [2.75, 3.05) is 18.0 Å². The van der Waals surface area contributed by atoms with Crippen molar-refractivity contribution in [1.29, 1.82) is 5.26 Å². The standard InChI is InChI=1S/C12H14N2.C6H13N/c13-10-11-4-6-12(7-5-11)14-8-2-1-3-9-14;7-6-4-2-1-3-5-6/h4-7H,1-3,8-9H2;6H,1-5,7H2. The zero-order chi connectivity index (χ0) is 14.9. The summed E-state index contributed by atoms with van der Waals surface area (Å²) in [5.74, 6) is 0. The van der Waals surface area contributed by atoms with Crippen molar-refractivity contribution in [3.8, 4) is 6.07 Å². The molecule has 1 aromatic rings. The van der Waals surface area contributed by atoms with Gasteiger partial charge in [0, 0.05) is 24.8 Å². The molecule has 2 N–H and O–H groups in total. The molecule has 0 radical (unpaired) electrons. The van der Waals surface area contributed by atoms with Crippen LogP contribution in [0.15, 0.2) is 24.3 Å². The Hall–Kier alpha value is -1.53. The quantitative estimate of drug-likeness (QED) is 0.853. The minimum atomic E-state index is 0.536. The van der Waals surface area contributed by atoms with Crippen LogP contribution in [0, 0.1) is 11.3 Å². The Morgan fingerprint density at radius 3 is 1.95 bits per heavy atom. The van der Waals surface area contributed by atoms with Gasteiger partial charge in [0.05, 0.1) is 11.6 Å². The summed E-state index contributed by atoms with van der Waals surface area (Å²) in [5, 5.41) is 8.68. The third kappa shape index (κ3) is 5.40. The topological polar surface area (TPSA) is 53.0 Å². The Bertz CT molecular complexity index is 435. The highest BCUT2D eigenvalue weighted by Gasteiger charge is 2.10. The number of anilines is 1. The Balaban J connectivity index is 0.000000194. The molecule has 0 unspecified atom stereocenters. The molecule has 3 rings (SSSR count). The van der Waals surface area contributed by atoms with Gasteiger partial charge >= 0.3 is 0 Å². The minimum absolute atomic E-state index is 0.536. The second-order valence-electron chi connectivity index (χ2n) is 6.10. The van der Waals surface area contributed by atoms with Crippen molar-refractivity contribution in [3.63, 3.8) is 0 Å². The number of hydrogen-bond donors (Lipinski definition) is 1. The predicted octanol–water partition coefficient (Wildman–Crippen LogP) is 3.83. The van der Waals surface area contributed by atoms with Crippen molar-refractivity contribution in [3.05, 3.63) is 29.8 Å². The first-order valence-corrected chi connectivity index (χ1v) is 8.30. The van der Waals surface area contributed by atoms with E-state index < -0.39 is 0 Å². The molecule has 0 aromatic heterocycles. The van der Waals surface area contributed by atoms with E-state index in [1.807, 2.05) is 24.3 Å². The normalized spacial score (nSPS) is 19.3. The van der Waals surface area contributed by atoms with E-state index in [0.717, 1.165) is 18.7 Å². The van der Waals surface area contributed by atoms with Gasteiger partial charge in [0.2, 0.25) is 0 Å². The molecule has 2 aliphatic rings. The lowest BCUT2D eigenvalue weighted by molar-refractivity contribution is 0.441. The van der Waals surface area contributed by atoms with Crippen molar-refractivity contribution in [2.24, 2.45) is 5.73 Å². The molecule has 2 fully saturated rings. The fraction of sp³-hybridized carbons (Fsp3) is 0.611. The molecule has 0 amide bonds. The Morgan fingerprint density at radius 2 is 1.48 bits per heavy atom. The molecule has 0 atom stereocenters. The number of hydrogen-bond acceptors (Lipinski definition) is 3. The second-order valence-corrected chi connectivity index (χ2v) is 6.10. The van der Waals surface area contributed by atoms with E-state index in [1.165, 1.54) is 57.1 Å². The summed E-state index contributed by atoms with van der Waals surface area (Å²) in [6.07, 6.45) is 10.6. The number of piperidine rings is 1. The fourth-order valence-corrected chi connectivity index (χ4v) is 3.03. The van der Waals surface area contributed by atoms with Crippen LogP contribution < -0.4 is 10.6 Å². The van der Waals surface area contributed by atoms with Crippen molar-refractivity contribution in [1.82, 2.24) is 0 Å². The molecule has 1 saturated heterocycles. The molecule has 3 nitrogen and oxygen atoms in total. The van der Waals surface area contributed by atoms with Gasteiger partial charge in [-0.1, -0.05) is 19.3 Å². The van der Waals surface area contributed by atoms with E-state index in [2.05, 4.69) is 11.0 Å². The number of nitrogens with two attached hydrogens (primary N) is 1. The maximum atomic E-state index is 8.68. The first-order valence-electron chi connectivity index (χ1n) is 8.30. The van der Waals surface area contributed by atoms with Crippen LogP contribution in [0.1, 0.15) is 56.9 Å². The monoisotopic (exact) mass is 285 g/mol. The molecule has 3 heteroatoms. The molecule has 21 heavy (non-hydrogen) atoms. The summed E-state index contributed by atoms with van der Waals surface area (Å²) in [6.45, 7) is 2.32. The lowest BCUT2D eigenvalue weighted by atomic mass is 9.97. The fourth-order valence-electron chi connectivity index (χ4n) is 3.03. The van der Waals surface area contributed by atoms with E-state index in [4.69, 9.17) is 11.0 Å². The van der Waals surface area contributed by atoms with Gasteiger partial charge in [0.15, 0.2) is 0 Å². The highest BCUT2D eigenvalue weighted by Crippen LogP contribution is 2.19. The van der Waals surface area contributed by atoms with Crippen LogP contribution >= 0.6 is 0 Å². The van der Waals surface area contributed by atoms with Gasteiger partial charge in [-0.2, -0.15) is 5.26 Å². The van der Waals surface area contributed by atoms with Crippen LogP contribution in [0.5, 0.6) is 0 Å². The third-order valence-corrected chi connectivity index (χ3v) is 4.37. The van der Waals surface area contributed by atoms with E-state index in [1.54, 1.807) is 0 Å². The zero-order valence-electron chi connectivity index (χ0n) is 12.9. The van der Waals surface area contributed by atoms with Crippen LogP contribution in [0.25, 0.3) is 0 Å². The maximum absolute atomic E-state index is 8.68. The molecule has 1 aromatic carbocycles. The van der Waals surface area contributed by atoms with E-state index in [9.17, 15) is 0 Å². The van der Waals surface area contributed by atoms with Crippen molar-refractivity contribution >= 4 is 5.69 Å². The average Bonchev–Trinajstić information content (AvgIpc) is 2.57. The van der Waals surface area contributed by atoms with Crippen LogP contribution in [0.3, 0.4) is 0 Å². The average molecular weight is 285 g/mol. The van der Waals surface area contributed by atoms with Crippen LogP contribution in [0.4, 0.5) is 5.69 Å². The summed E-state index contributed by atoms with van der Waals surface area (Å²) in [6, 6.07) is 10.6. The van der Waals surface area contributed by atoms with E-state index in [-0.39, 0.29) is 0 Å². The third-order valence-electron chi connectivity index (χ3n) is 4.37. The van der Waals surface area contributed by atoms with Crippen molar-refractivity contribution in [2.45, 2.75) is 57.4 Å². The Kier molecular flexibility index (Phi) is 6.56. The molecule has 1 saturated carbocycles. The minimum Gasteiger partial charge on any atom is -0.372 e. The predicted molar refractivity (Wildman–Crippen MR) is 88.3 cm³/mol. The summed E-state index contributed by atoms with van der Waals surface area (Å²) in [7, 11) is 0. The summed E-state index contributed by atoms with van der Waals surface area (Å²) in [5.41, 5.74) is 7.63. The smallest absolute Gasteiger partial charge is 0.0991 e. The van der Waals surface area contributed by atoms with Crippen molar-refractivity contribution < 1.29 is 0 Å². The van der Waals surface area contributed by atoms with Gasteiger partial charge in [-0.25, -0.2) is 0 Å². The first kappa shape index (κ1) is 15.9. The van der Waals surface area contributed by atoms with Gasteiger partial charge in [0.1, 0.15) is 0 Å². The Morgan fingerprint density at radius 1 is 0.905 bits per heavy atom. The first-order chi connectivity index (χ1) is 10.3. The SMILES string of the molecule is N#Cc1ccc(N2CCCCC2)cc1.NC1CCCCC1. The number of nitrogens with zero attached hydrogens (tertiary/aromatic N) is 2. The molecule has 0 bridgehead atoms.